The van der Waals surface area contributed by atoms with Gasteiger partial charge in [-0.05, 0) is 30.7 Å². The van der Waals surface area contributed by atoms with E-state index in [2.05, 4.69) is 4.98 Å². The SMILES string of the molecule is O=C(O)c1ccc(N2CCOc3cc(C(=O)N4CCCC4(F)F)[nH]c32)cc1. The number of carbonyl (C=O) groups excluding carboxylic acids is 1. The van der Waals surface area contributed by atoms with Gasteiger partial charge in [-0.15, -0.1) is 0 Å². The van der Waals surface area contributed by atoms with Crippen LogP contribution >= 0.6 is 0 Å². The molecular formula is C18H17F2N3O4. The highest BCUT2D eigenvalue weighted by Crippen LogP contribution is 2.39. The minimum Gasteiger partial charge on any atom is -0.488 e. The Kier molecular flexibility index (Phi) is 4.01. The Labute approximate surface area is 153 Å². The molecule has 0 radical (unpaired) electrons. The fraction of sp³-hybridized carbons (Fsp3) is 0.333. The van der Waals surface area contributed by atoms with Gasteiger partial charge in [-0.3, -0.25) is 9.69 Å². The summed E-state index contributed by atoms with van der Waals surface area (Å²) in [7, 11) is 0. The molecule has 7 nitrogen and oxygen atoms in total. The van der Waals surface area contributed by atoms with Crippen molar-refractivity contribution in [2.75, 3.05) is 24.6 Å². The van der Waals surface area contributed by atoms with Crippen LogP contribution in [0.5, 0.6) is 5.75 Å². The van der Waals surface area contributed by atoms with Crippen LogP contribution in [0, 0.1) is 0 Å². The number of rotatable bonds is 3. The number of carbonyl (C=O) groups is 2. The standard InChI is InChI=1S/C18H17F2N3O4/c19-18(20)6-1-7-23(18)16(24)13-10-14-15(21-13)22(8-9-27-14)12-4-2-11(3-5-12)17(25)26/h2-5,10,21H,1,6-9H2,(H,25,26). The number of nitrogens with zero attached hydrogens (tertiary/aromatic N) is 2. The number of carboxylic acids is 1. The maximum Gasteiger partial charge on any atom is 0.335 e. The summed E-state index contributed by atoms with van der Waals surface area (Å²) in [6.45, 7) is 0.823. The van der Waals surface area contributed by atoms with Gasteiger partial charge in [0.05, 0.1) is 12.1 Å². The van der Waals surface area contributed by atoms with Crippen molar-refractivity contribution in [1.29, 1.82) is 0 Å². The zero-order valence-corrected chi connectivity index (χ0v) is 14.2. The summed E-state index contributed by atoms with van der Waals surface area (Å²) in [5.41, 5.74) is 0.901. The van der Waals surface area contributed by atoms with Gasteiger partial charge >= 0.3 is 12.0 Å². The summed E-state index contributed by atoms with van der Waals surface area (Å²) in [6.07, 6.45) is -0.0740. The first kappa shape index (κ1) is 17.3. The second-order valence-corrected chi connectivity index (χ2v) is 6.47. The van der Waals surface area contributed by atoms with E-state index >= 15 is 0 Å². The van der Waals surface area contributed by atoms with Crippen molar-refractivity contribution in [2.45, 2.75) is 18.9 Å². The van der Waals surface area contributed by atoms with Crippen LogP contribution in [0.1, 0.15) is 33.7 Å². The molecule has 0 saturated carbocycles. The normalized spacial score (nSPS) is 18.1. The lowest BCUT2D eigenvalue weighted by Crippen LogP contribution is -2.40. The number of nitrogens with one attached hydrogen (secondary N) is 1. The molecule has 0 unspecified atom stereocenters. The number of benzene rings is 1. The van der Waals surface area contributed by atoms with Crippen LogP contribution in [0.15, 0.2) is 30.3 Å². The molecule has 0 atom stereocenters. The number of hydrogen-bond acceptors (Lipinski definition) is 4. The van der Waals surface area contributed by atoms with Crippen molar-refractivity contribution in [1.82, 2.24) is 9.88 Å². The molecule has 4 rings (SSSR count). The molecule has 2 N–H and O–H groups in total. The molecule has 0 spiro atoms. The first-order valence-corrected chi connectivity index (χ1v) is 8.53. The first-order chi connectivity index (χ1) is 12.9. The van der Waals surface area contributed by atoms with E-state index in [1.165, 1.54) is 18.2 Å². The Morgan fingerprint density at radius 1 is 1.19 bits per heavy atom. The van der Waals surface area contributed by atoms with Gasteiger partial charge in [-0.1, -0.05) is 0 Å². The zero-order valence-electron chi connectivity index (χ0n) is 14.2. The predicted molar refractivity (Wildman–Crippen MR) is 91.9 cm³/mol. The van der Waals surface area contributed by atoms with Gasteiger partial charge in [0.1, 0.15) is 12.3 Å². The fourth-order valence-corrected chi connectivity index (χ4v) is 3.40. The van der Waals surface area contributed by atoms with Gasteiger partial charge in [-0.2, -0.15) is 8.78 Å². The Bertz CT molecular complexity index is 895. The van der Waals surface area contributed by atoms with Crippen molar-refractivity contribution in [2.24, 2.45) is 0 Å². The molecule has 1 fully saturated rings. The summed E-state index contributed by atoms with van der Waals surface area (Å²) in [6, 6.07) is 4.55. The summed E-state index contributed by atoms with van der Waals surface area (Å²) < 4.78 is 33.3. The van der Waals surface area contributed by atoms with E-state index < -0.39 is 17.9 Å². The molecule has 27 heavy (non-hydrogen) atoms. The highest BCUT2D eigenvalue weighted by molar-refractivity contribution is 5.95. The smallest absolute Gasteiger partial charge is 0.335 e. The zero-order chi connectivity index (χ0) is 19.2. The van der Waals surface area contributed by atoms with E-state index in [1.54, 1.807) is 12.1 Å². The minimum absolute atomic E-state index is 0.0107. The monoisotopic (exact) mass is 377 g/mol. The molecule has 2 aromatic rings. The number of likely N-dealkylation sites (tertiary alicyclic amines) is 1. The van der Waals surface area contributed by atoms with Crippen molar-refractivity contribution in [3.8, 4) is 5.75 Å². The predicted octanol–water partition coefficient (Wildman–Crippen LogP) is 3.07. The Morgan fingerprint density at radius 2 is 1.93 bits per heavy atom. The Hall–Kier alpha value is -3.10. The van der Waals surface area contributed by atoms with Crippen LogP contribution in [-0.4, -0.2) is 52.6 Å². The molecule has 1 aromatic heterocycles. The van der Waals surface area contributed by atoms with E-state index in [1.807, 2.05) is 4.90 Å². The lowest BCUT2D eigenvalue weighted by atomic mass is 10.2. The van der Waals surface area contributed by atoms with Crippen LogP contribution in [0.3, 0.4) is 0 Å². The third-order valence-electron chi connectivity index (χ3n) is 4.76. The number of amides is 1. The summed E-state index contributed by atoms with van der Waals surface area (Å²) in [5, 5.41) is 9.01. The number of carboxylic acid groups (broad SMARTS) is 1. The Morgan fingerprint density at radius 3 is 2.56 bits per heavy atom. The third kappa shape index (κ3) is 2.98. The lowest BCUT2D eigenvalue weighted by Gasteiger charge is -2.28. The summed E-state index contributed by atoms with van der Waals surface area (Å²) >= 11 is 0. The average Bonchev–Trinajstić information content (AvgIpc) is 3.23. The van der Waals surface area contributed by atoms with Crippen LogP contribution in [0.25, 0.3) is 0 Å². The number of aromatic nitrogens is 1. The minimum atomic E-state index is -3.14. The fourth-order valence-electron chi connectivity index (χ4n) is 3.40. The number of fused-ring (bicyclic) bond motifs is 1. The van der Waals surface area contributed by atoms with Gasteiger partial charge in [0, 0.05) is 24.7 Å². The van der Waals surface area contributed by atoms with Gasteiger partial charge in [-0.25, -0.2) is 4.79 Å². The number of aromatic carboxylic acids is 1. The molecule has 0 aliphatic carbocycles. The molecule has 2 aliphatic rings. The van der Waals surface area contributed by atoms with Gasteiger partial charge in [0.15, 0.2) is 11.6 Å². The van der Waals surface area contributed by atoms with Crippen LogP contribution < -0.4 is 9.64 Å². The molecule has 3 heterocycles. The third-order valence-corrected chi connectivity index (χ3v) is 4.76. The molecule has 1 amide bonds. The maximum absolute atomic E-state index is 13.9. The van der Waals surface area contributed by atoms with Gasteiger partial charge in [0.25, 0.3) is 5.91 Å². The van der Waals surface area contributed by atoms with Crippen LogP contribution in [0.4, 0.5) is 20.3 Å². The number of aromatic amines is 1. The van der Waals surface area contributed by atoms with E-state index in [-0.39, 0.29) is 30.6 Å². The number of ether oxygens (including phenoxy) is 1. The number of alkyl halides is 2. The molecule has 142 valence electrons. The van der Waals surface area contributed by atoms with Gasteiger partial charge in [0.2, 0.25) is 0 Å². The number of anilines is 2. The highest BCUT2D eigenvalue weighted by atomic mass is 19.3. The Balaban J connectivity index is 1.64. The molecular weight excluding hydrogens is 360 g/mol. The van der Waals surface area contributed by atoms with Crippen LogP contribution in [-0.2, 0) is 0 Å². The average molecular weight is 377 g/mol. The molecule has 9 heteroatoms. The van der Waals surface area contributed by atoms with Gasteiger partial charge < -0.3 is 19.7 Å². The van der Waals surface area contributed by atoms with E-state index in [4.69, 9.17) is 9.84 Å². The van der Waals surface area contributed by atoms with E-state index in [0.717, 1.165) is 0 Å². The summed E-state index contributed by atoms with van der Waals surface area (Å²) in [5.74, 6) is -0.912. The van der Waals surface area contributed by atoms with Crippen LogP contribution in [0.2, 0.25) is 0 Å². The molecule has 1 saturated heterocycles. The topological polar surface area (TPSA) is 85.9 Å². The van der Waals surface area contributed by atoms with E-state index in [0.29, 0.717) is 35.3 Å². The highest BCUT2D eigenvalue weighted by Gasteiger charge is 2.45. The largest absolute Gasteiger partial charge is 0.488 e. The van der Waals surface area contributed by atoms with Crippen molar-refractivity contribution < 1.29 is 28.2 Å². The lowest BCUT2D eigenvalue weighted by molar-refractivity contribution is -0.0975. The quantitative estimate of drug-likeness (QED) is 0.803. The number of hydrogen-bond donors (Lipinski definition) is 2. The second kappa shape index (κ2) is 6.26. The molecule has 2 aliphatic heterocycles. The van der Waals surface area contributed by atoms with E-state index in [9.17, 15) is 18.4 Å². The van der Waals surface area contributed by atoms with Crippen molar-refractivity contribution >= 4 is 23.4 Å². The van der Waals surface area contributed by atoms with Crippen molar-refractivity contribution in [3.63, 3.8) is 0 Å². The first-order valence-electron chi connectivity index (χ1n) is 8.53. The molecule has 0 bridgehead atoms. The maximum atomic E-state index is 13.9. The number of H-pyrrole nitrogens is 1. The number of halogens is 2. The molecule has 1 aromatic carbocycles. The van der Waals surface area contributed by atoms with Crippen molar-refractivity contribution in [3.05, 3.63) is 41.6 Å². The second-order valence-electron chi connectivity index (χ2n) is 6.47. The summed E-state index contributed by atoms with van der Waals surface area (Å²) in [4.78, 5) is 28.8.